The molecule has 0 atom stereocenters. The van der Waals surface area contributed by atoms with E-state index in [1.54, 1.807) is 13.1 Å². The maximum absolute atomic E-state index is 10.9. The van der Waals surface area contributed by atoms with Crippen molar-refractivity contribution in [2.75, 3.05) is 25.1 Å². The first-order chi connectivity index (χ1) is 9.00. The van der Waals surface area contributed by atoms with Crippen LogP contribution in [0, 0.1) is 23.0 Å². The second-order valence-electron chi connectivity index (χ2n) is 4.86. The Bertz CT molecular complexity index is 422. The summed E-state index contributed by atoms with van der Waals surface area (Å²) in [6, 6.07) is 1.51. The Kier molecular flexibility index (Phi) is 6.21. The van der Waals surface area contributed by atoms with Gasteiger partial charge >= 0.3 is 5.69 Å². The summed E-state index contributed by atoms with van der Waals surface area (Å²) >= 11 is 0. The molecule has 0 aromatic carbocycles. The number of pyridine rings is 1. The number of aromatic nitrogens is 1. The molecule has 1 rings (SSSR count). The summed E-state index contributed by atoms with van der Waals surface area (Å²) in [5.41, 5.74) is 0.771. The fourth-order valence-corrected chi connectivity index (χ4v) is 1.49. The Morgan fingerprint density at radius 1 is 1.47 bits per heavy atom. The Balaban J connectivity index is 2.39. The minimum atomic E-state index is -0.429. The van der Waals surface area contributed by atoms with Crippen LogP contribution >= 0.6 is 0 Å². The van der Waals surface area contributed by atoms with Gasteiger partial charge in [-0.3, -0.25) is 10.1 Å². The van der Waals surface area contributed by atoms with Gasteiger partial charge in [-0.15, -0.1) is 0 Å². The highest BCUT2D eigenvalue weighted by atomic mass is 16.6. The SMILES string of the molecule is Cc1cnc(NCCOCCC(C)C)c([N+](=O)[O-])c1. The molecule has 6 heteroatoms. The normalized spacial score (nSPS) is 10.7. The molecule has 0 spiro atoms. The van der Waals surface area contributed by atoms with Crippen molar-refractivity contribution in [3.63, 3.8) is 0 Å². The average molecular weight is 267 g/mol. The molecule has 0 bridgehead atoms. The first kappa shape index (κ1) is 15.4. The van der Waals surface area contributed by atoms with Crippen LogP contribution in [0.15, 0.2) is 12.3 Å². The van der Waals surface area contributed by atoms with E-state index in [4.69, 9.17) is 4.74 Å². The molecule has 0 aliphatic heterocycles. The third-order valence-electron chi connectivity index (χ3n) is 2.58. The van der Waals surface area contributed by atoms with Gasteiger partial charge in [-0.25, -0.2) is 4.98 Å². The highest BCUT2D eigenvalue weighted by Crippen LogP contribution is 2.21. The van der Waals surface area contributed by atoms with Crippen LogP contribution in [0.2, 0.25) is 0 Å². The number of nitrogens with zero attached hydrogens (tertiary/aromatic N) is 2. The van der Waals surface area contributed by atoms with E-state index in [1.807, 2.05) is 0 Å². The predicted octanol–water partition coefficient (Wildman–Crippen LogP) is 2.77. The molecule has 1 aromatic rings. The zero-order valence-corrected chi connectivity index (χ0v) is 11.7. The number of anilines is 1. The maximum atomic E-state index is 10.9. The molecule has 0 amide bonds. The minimum absolute atomic E-state index is 0.00202. The summed E-state index contributed by atoms with van der Waals surface area (Å²) in [5, 5.41) is 13.8. The van der Waals surface area contributed by atoms with Gasteiger partial charge in [0.1, 0.15) is 0 Å². The van der Waals surface area contributed by atoms with Gasteiger partial charge in [0.15, 0.2) is 0 Å². The van der Waals surface area contributed by atoms with Crippen LogP contribution in [0.4, 0.5) is 11.5 Å². The summed E-state index contributed by atoms with van der Waals surface area (Å²) in [4.78, 5) is 14.5. The summed E-state index contributed by atoms with van der Waals surface area (Å²) in [5.74, 6) is 0.913. The third kappa shape index (κ3) is 5.65. The third-order valence-corrected chi connectivity index (χ3v) is 2.58. The fraction of sp³-hybridized carbons (Fsp3) is 0.615. The van der Waals surface area contributed by atoms with Crippen LogP contribution < -0.4 is 5.32 Å². The van der Waals surface area contributed by atoms with Crippen LogP contribution in [-0.4, -0.2) is 29.7 Å². The molecule has 1 aromatic heterocycles. The molecule has 0 saturated carbocycles. The number of nitro groups is 1. The molecule has 0 aliphatic carbocycles. The Morgan fingerprint density at radius 3 is 2.84 bits per heavy atom. The number of nitrogens with one attached hydrogen (secondary N) is 1. The maximum Gasteiger partial charge on any atom is 0.311 e. The first-order valence-corrected chi connectivity index (χ1v) is 6.43. The summed E-state index contributed by atoms with van der Waals surface area (Å²) < 4.78 is 5.43. The van der Waals surface area contributed by atoms with Gasteiger partial charge < -0.3 is 10.1 Å². The Labute approximate surface area is 113 Å². The van der Waals surface area contributed by atoms with Gasteiger partial charge in [0.25, 0.3) is 0 Å². The van der Waals surface area contributed by atoms with Gasteiger partial charge in [0, 0.05) is 25.4 Å². The molecule has 1 N–H and O–H groups in total. The molecule has 19 heavy (non-hydrogen) atoms. The summed E-state index contributed by atoms with van der Waals surface area (Å²) in [6.07, 6.45) is 2.62. The van der Waals surface area contributed by atoms with Crippen LogP contribution in [0.25, 0.3) is 0 Å². The van der Waals surface area contributed by atoms with Gasteiger partial charge in [-0.1, -0.05) is 13.8 Å². The van der Waals surface area contributed by atoms with Crippen LogP contribution in [-0.2, 0) is 4.74 Å². The van der Waals surface area contributed by atoms with E-state index in [0.29, 0.717) is 31.5 Å². The number of ether oxygens (including phenoxy) is 1. The zero-order chi connectivity index (χ0) is 14.3. The number of rotatable bonds is 8. The van der Waals surface area contributed by atoms with E-state index in [0.717, 1.165) is 12.0 Å². The highest BCUT2D eigenvalue weighted by molar-refractivity contribution is 5.56. The quantitative estimate of drug-likeness (QED) is 0.445. The fourth-order valence-electron chi connectivity index (χ4n) is 1.49. The molecular weight excluding hydrogens is 246 g/mol. The number of aryl methyl sites for hydroxylation is 1. The highest BCUT2D eigenvalue weighted by Gasteiger charge is 2.14. The van der Waals surface area contributed by atoms with Crippen molar-refractivity contribution in [1.29, 1.82) is 0 Å². The zero-order valence-electron chi connectivity index (χ0n) is 11.7. The molecule has 0 fully saturated rings. The van der Waals surface area contributed by atoms with Crippen molar-refractivity contribution < 1.29 is 9.66 Å². The van der Waals surface area contributed by atoms with Crippen LogP contribution in [0.5, 0.6) is 0 Å². The van der Waals surface area contributed by atoms with E-state index in [1.165, 1.54) is 6.07 Å². The second-order valence-corrected chi connectivity index (χ2v) is 4.86. The van der Waals surface area contributed by atoms with E-state index < -0.39 is 4.92 Å². The lowest BCUT2D eigenvalue weighted by Gasteiger charge is -2.08. The molecule has 1 heterocycles. The first-order valence-electron chi connectivity index (χ1n) is 6.43. The summed E-state index contributed by atoms with van der Waals surface area (Å²) in [6.45, 7) is 7.79. The van der Waals surface area contributed by atoms with E-state index in [-0.39, 0.29) is 5.69 Å². The van der Waals surface area contributed by atoms with Crippen molar-refractivity contribution in [3.05, 3.63) is 27.9 Å². The number of hydrogen-bond donors (Lipinski definition) is 1. The lowest BCUT2D eigenvalue weighted by molar-refractivity contribution is -0.384. The van der Waals surface area contributed by atoms with Gasteiger partial charge in [-0.05, 0) is 24.8 Å². The Morgan fingerprint density at radius 2 is 2.21 bits per heavy atom. The molecule has 0 unspecified atom stereocenters. The van der Waals surface area contributed by atoms with E-state index >= 15 is 0 Å². The largest absolute Gasteiger partial charge is 0.380 e. The lowest BCUT2D eigenvalue weighted by atomic mass is 10.1. The second kappa shape index (κ2) is 7.68. The van der Waals surface area contributed by atoms with Gasteiger partial charge in [0.2, 0.25) is 5.82 Å². The van der Waals surface area contributed by atoms with Crippen molar-refractivity contribution in [2.24, 2.45) is 5.92 Å². The molecule has 0 saturated heterocycles. The topological polar surface area (TPSA) is 77.3 Å². The Hall–Kier alpha value is -1.69. The molecule has 106 valence electrons. The molecule has 0 aliphatic rings. The standard InChI is InChI=1S/C13H21N3O3/c1-10(2)4-6-19-7-5-14-13-12(16(17)18)8-11(3)9-15-13/h8-10H,4-7H2,1-3H3,(H,14,15). The van der Waals surface area contributed by atoms with Crippen molar-refractivity contribution in [1.82, 2.24) is 4.98 Å². The van der Waals surface area contributed by atoms with Crippen LogP contribution in [0.3, 0.4) is 0 Å². The van der Waals surface area contributed by atoms with Crippen molar-refractivity contribution >= 4 is 11.5 Å². The monoisotopic (exact) mass is 267 g/mol. The lowest BCUT2D eigenvalue weighted by Crippen LogP contribution is -2.13. The minimum Gasteiger partial charge on any atom is -0.380 e. The van der Waals surface area contributed by atoms with Gasteiger partial charge in [-0.2, -0.15) is 0 Å². The van der Waals surface area contributed by atoms with Crippen LogP contribution in [0.1, 0.15) is 25.8 Å². The molecule has 0 radical (unpaired) electrons. The predicted molar refractivity (Wildman–Crippen MR) is 74.4 cm³/mol. The van der Waals surface area contributed by atoms with Crippen molar-refractivity contribution in [2.45, 2.75) is 27.2 Å². The molecule has 6 nitrogen and oxygen atoms in total. The van der Waals surface area contributed by atoms with Crippen molar-refractivity contribution in [3.8, 4) is 0 Å². The van der Waals surface area contributed by atoms with E-state index in [9.17, 15) is 10.1 Å². The van der Waals surface area contributed by atoms with Gasteiger partial charge in [0.05, 0.1) is 11.5 Å². The average Bonchev–Trinajstić information content (AvgIpc) is 2.34. The van der Waals surface area contributed by atoms with E-state index in [2.05, 4.69) is 24.1 Å². The molecular formula is C13H21N3O3. The summed E-state index contributed by atoms with van der Waals surface area (Å²) in [7, 11) is 0. The number of hydrogen-bond acceptors (Lipinski definition) is 5. The smallest absolute Gasteiger partial charge is 0.311 e.